The van der Waals surface area contributed by atoms with Gasteiger partial charge in [-0.25, -0.2) is 4.79 Å². The Morgan fingerprint density at radius 2 is 0.974 bits per heavy atom. The van der Waals surface area contributed by atoms with Gasteiger partial charge in [0.05, 0.1) is 6.61 Å². The van der Waals surface area contributed by atoms with Gasteiger partial charge in [0.2, 0.25) is 25.0 Å². The minimum atomic E-state index is -3.36. The lowest BCUT2D eigenvalue weighted by Gasteiger charge is -2.45. The summed E-state index contributed by atoms with van der Waals surface area (Å²) >= 11 is 0. The van der Waals surface area contributed by atoms with Crippen LogP contribution < -0.4 is 15.6 Å². The van der Waals surface area contributed by atoms with Crippen molar-refractivity contribution >= 4 is 55.3 Å². The van der Waals surface area contributed by atoms with Crippen LogP contribution in [-0.2, 0) is 21.9 Å². The van der Waals surface area contributed by atoms with E-state index in [9.17, 15) is 4.79 Å². The number of hydrogen-bond donors (Lipinski definition) is 0. The molecule has 208 valence electrons. The molecular weight excluding hydrogens is 553 g/mol. The molecule has 0 aliphatic carbocycles. The first-order valence-corrected chi connectivity index (χ1v) is 24.1. The minimum absolute atomic E-state index is 0.254. The van der Waals surface area contributed by atoms with Crippen molar-refractivity contribution in [3.8, 4) is 0 Å². The van der Waals surface area contributed by atoms with E-state index in [2.05, 4.69) is 119 Å². The van der Waals surface area contributed by atoms with Crippen LogP contribution >= 0.6 is 0 Å². The number of carbonyl (C=O) groups excluding carboxylic acids is 1. The van der Waals surface area contributed by atoms with E-state index in [1.54, 1.807) is 0 Å². The van der Waals surface area contributed by atoms with E-state index in [1.165, 1.54) is 21.6 Å². The van der Waals surface area contributed by atoms with Crippen LogP contribution in [0.2, 0.25) is 45.3 Å². The molecule has 3 aromatic carbocycles. The fourth-order valence-corrected chi connectivity index (χ4v) is 21.8. The topological polar surface area (TPSA) is 54.0 Å². The van der Waals surface area contributed by atoms with Gasteiger partial charge in [0.15, 0.2) is 0 Å². The Bertz CT molecular complexity index is 1070. The van der Waals surface area contributed by atoms with Gasteiger partial charge in [-0.3, -0.25) is 0 Å². The molecule has 0 spiro atoms. The summed E-state index contributed by atoms with van der Waals surface area (Å²) in [5.41, 5.74) is 0. The third kappa shape index (κ3) is 8.80. The van der Waals surface area contributed by atoms with Crippen LogP contribution in [0.3, 0.4) is 0 Å². The lowest BCUT2D eigenvalue weighted by Crippen LogP contribution is -2.67. The molecular formula is C30H42O5Si4. The van der Waals surface area contributed by atoms with Crippen molar-refractivity contribution in [1.29, 1.82) is 0 Å². The van der Waals surface area contributed by atoms with Crippen molar-refractivity contribution < 1.29 is 21.9 Å². The maximum Gasteiger partial charge on any atom is 0.470 e. The maximum atomic E-state index is 11.8. The SMILES string of the molecule is C=CC(=O)OCCC[Si](O[Si](C)(C)c1ccccc1)(O[Si](C)(C)c1ccccc1)O[Si](C)(C)c1ccccc1. The molecule has 0 aromatic heterocycles. The van der Waals surface area contributed by atoms with Gasteiger partial charge in [-0.05, 0) is 61.3 Å². The normalized spacial score (nSPS) is 12.7. The van der Waals surface area contributed by atoms with Gasteiger partial charge in [-0.1, -0.05) is 97.6 Å². The standard InChI is InChI=1S/C30H42O5Si4/c1-8-30(31)32-25-18-26-39(33-36(2,3)27-19-12-9-13-20-27,34-37(4,5)28-21-14-10-15-22-28)35-38(6,7)29-23-16-11-17-24-29/h8-17,19-24H,1,18,25-26H2,2-7H3. The molecule has 0 bridgehead atoms. The molecule has 9 heteroatoms. The number of hydrogen-bond acceptors (Lipinski definition) is 5. The quantitative estimate of drug-likeness (QED) is 0.108. The molecule has 3 rings (SSSR count). The molecule has 0 radical (unpaired) electrons. The number of esters is 1. The second-order valence-corrected chi connectivity index (χ2v) is 26.2. The molecule has 3 aromatic rings. The van der Waals surface area contributed by atoms with E-state index in [-0.39, 0.29) is 6.61 Å². The zero-order chi connectivity index (χ0) is 28.6. The summed E-state index contributed by atoms with van der Waals surface area (Å²) in [6.07, 6.45) is 1.76. The van der Waals surface area contributed by atoms with Crippen LogP contribution in [-0.4, -0.2) is 46.3 Å². The van der Waals surface area contributed by atoms with Crippen LogP contribution in [0.25, 0.3) is 0 Å². The van der Waals surface area contributed by atoms with E-state index in [0.29, 0.717) is 12.5 Å². The largest absolute Gasteiger partial charge is 0.470 e. The van der Waals surface area contributed by atoms with Crippen LogP contribution in [0.5, 0.6) is 0 Å². The molecule has 0 unspecified atom stereocenters. The lowest BCUT2D eigenvalue weighted by atomic mass is 10.4. The Morgan fingerprint density at radius 1 is 0.641 bits per heavy atom. The van der Waals surface area contributed by atoms with Gasteiger partial charge in [-0.2, -0.15) is 0 Å². The molecule has 0 N–H and O–H groups in total. The zero-order valence-electron chi connectivity index (χ0n) is 24.1. The van der Waals surface area contributed by atoms with E-state index in [4.69, 9.17) is 17.1 Å². The molecule has 0 aliphatic heterocycles. The fourth-order valence-electron chi connectivity index (χ4n) is 4.60. The average molecular weight is 595 g/mol. The summed E-state index contributed by atoms with van der Waals surface area (Å²) in [5.74, 6) is -0.429. The molecule has 0 atom stereocenters. The highest BCUT2D eigenvalue weighted by molar-refractivity contribution is 6.98. The zero-order valence-corrected chi connectivity index (χ0v) is 28.1. The lowest BCUT2D eigenvalue weighted by molar-refractivity contribution is -0.137. The van der Waals surface area contributed by atoms with Crippen LogP contribution in [0, 0.1) is 0 Å². The fraction of sp³-hybridized carbons (Fsp3) is 0.300. The number of rotatable bonds is 14. The Balaban J connectivity index is 2.08. The van der Waals surface area contributed by atoms with Crippen molar-refractivity contribution in [1.82, 2.24) is 0 Å². The van der Waals surface area contributed by atoms with E-state index in [0.717, 1.165) is 0 Å². The smallest absolute Gasteiger partial charge is 0.463 e. The second-order valence-electron chi connectivity index (χ2n) is 11.1. The molecule has 0 heterocycles. The molecule has 0 aliphatic rings. The van der Waals surface area contributed by atoms with Crippen molar-refractivity contribution in [2.24, 2.45) is 0 Å². The van der Waals surface area contributed by atoms with Crippen molar-refractivity contribution in [2.45, 2.75) is 51.7 Å². The highest BCUT2D eigenvalue weighted by atomic mass is 28.5. The van der Waals surface area contributed by atoms with Crippen molar-refractivity contribution in [2.75, 3.05) is 6.61 Å². The van der Waals surface area contributed by atoms with Gasteiger partial charge in [0.1, 0.15) is 0 Å². The highest BCUT2D eigenvalue weighted by Gasteiger charge is 2.53. The van der Waals surface area contributed by atoms with Gasteiger partial charge >= 0.3 is 14.8 Å². The molecule has 0 saturated carbocycles. The van der Waals surface area contributed by atoms with Crippen molar-refractivity contribution in [3.05, 3.63) is 104 Å². The monoisotopic (exact) mass is 594 g/mol. The Morgan fingerprint density at radius 3 is 1.28 bits per heavy atom. The maximum absolute atomic E-state index is 11.8. The number of ether oxygens (including phenoxy) is 1. The Hall–Kier alpha value is -2.38. The predicted molar refractivity (Wildman–Crippen MR) is 170 cm³/mol. The summed E-state index contributed by atoms with van der Waals surface area (Å²) in [6.45, 7) is 17.0. The Kier molecular flexibility index (Phi) is 10.6. The Labute approximate surface area is 238 Å². The molecule has 5 nitrogen and oxygen atoms in total. The van der Waals surface area contributed by atoms with Crippen LogP contribution in [0.1, 0.15) is 6.42 Å². The van der Waals surface area contributed by atoms with E-state index < -0.39 is 39.7 Å². The highest BCUT2D eigenvalue weighted by Crippen LogP contribution is 2.30. The molecule has 0 fully saturated rings. The van der Waals surface area contributed by atoms with Gasteiger partial charge < -0.3 is 17.1 Å². The molecule has 0 amide bonds. The van der Waals surface area contributed by atoms with Gasteiger partial charge in [-0.15, -0.1) is 0 Å². The first-order valence-electron chi connectivity index (χ1n) is 13.5. The number of benzene rings is 3. The first-order chi connectivity index (χ1) is 18.4. The second kappa shape index (κ2) is 13.3. The third-order valence-electron chi connectivity index (χ3n) is 6.68. The van der Waals surface area contributed by atoms with Crippen molar-refractivity contribution in [3.63, 3.8) is 0 Å². The summed E-state index contributed by atoms with van der Waals surface area (Å²) in [5, 5.41) is 3.56. The molecule has 0 saturated heterocycles. The number of carbonyl (C=O) groups is 1. The van der Waals surface area contributed by atoms with E-state index >= 15 is 0 Å². The summed E-state index contributed by atoms with van der Waals surface area (Å²) in [6, 6.07) is 31.8. The minimum Gasteiger partial charge on any atom is -0.463 e. The molecule has 39 heavy (non-hydrogen) atoms. The third-order valence-corrected chi connectivity index (χ3v) is 22.7. The predicted octanol–water partition coefficient (Wildman–Crippen LogP) is 5.43. The van der Waals surface area contributed by atoms with Gasteiger partial charge in [0.25, 0.3) is 0 Å². The summed E-state index contributed by atoms with van der Waals surface area (Å²) in [4.78, 5) is 11.8. The van der Waals surface area contributed by atoms with Gasteiger partial charge in [0, 0.05) is 12.1 Å². The summed E-state index contributed by atoms with van der Waals surface area (Å²) < 4.78 is 27.3. The average Bonchev–Trinajstić information content (AvgIpc) is 2.91. The first kappa shape index (κ1) is 31.1. The summed E-state index contributed by atoms with van der Waals surface area (Å²) in [7, 11) is -10.8. The van der Waals surface area contributed by atoms with E-state index in [1.807, 2.05) is 18.2 Å². The van der Waals surface area contributed by atoms with Crippen LogP contribution in [0.15, 0.2) is 104 Å². The van der Waals surface area contributed by atoms with Crippen LogP contribution in [0.4, 0.5) is 0 Å².